The van der Waals surface area contributed by atoms with Crippen LogP contribution in [-0.2, 0) is 6.54 Å². The summed E-state index contributed by atoms with van der Waals surface area (Å²) >= 11 is 0. The van der Waals surface area contributed by atoms with E-state index in [0.29, 0.717) is 12.5 Å². The SMILES string of the molecule is CC(C)c1ncc(-c2ccc(CN)cc2)cn1. The largest absolute Gasteiger partial charge is 0.326 e. The Labute approximate surface area is 102 Å². The zero-order valence-electron chi connectivity index (χ0n) is 10.2. The van der Waals surface area contributed by atoms with Gasteiger partial charge >= 0.3 is 0 Å². The third-order valence-corrected chi connectivity index (χ3v) is 2.71. The minimum atomic E-state index is 0.365. The van der Waals surface area contributed by atoms with Gasteiger partial charge in [-0.05, 0) is 11.1 Å². The molecule has 0 fully saturated rings. The van der Waals surface area contributed by atoms with Crippen molar-refractivity contribution in [2.24, 2.45) is 5.73 Å². The van der Waals surface area contributed by atoms with Gasteiger partial charge in [0.25, 0.3) is 0 Å². The first-order valence-electron chi connectivity index (χ1n) is 5.82. The molecule has 2 rings (SSSR count). The summed E-state index contributed by atoms with van der Waals surface area (Å²) in [5.41, 5.74) is 8.86. The fraction of sp³-hybridized carbons (Fsp3) is 0.286. The number of hydrogen-bond donors (Lipinski definition) is 1. The second-order valence-corrected chi connectivity index (χ2v) is 4.39. The van der Waals surface area contributed by atoms with Crippen molar-refractivity contribution < 1.29 is 0 Å². The van der Waals surface area contributed by atoms with E-state index >= 15 is 0 Å². The third-order valence-electron chi connectivity index (χ3n) is 2.71. The van der Waals surface area contributed by atoms with E-state index in [4.69, 9.17) is 5.73 Å². The first-order chi connectivity index (χ1) is 8.20. The molecule has 0 saturated carbocycles. The number of nitrogens with zero attached hydrogens (tertiary/aromatic N) is 2. The molecule has 0 atom stereocenters. The van der Waals surface area contributed by atoms with Crippen LogP contribution in [0.15, 0.2) is 36.7 Å². The minimum absolute atomic E-state index is 0.365. The summed E-state index contributed by atoms with van der Waals surface area (Å²) in [6.45, 7) is 4.75. The number of benzene rings is 1. The Kier molecular flexibility index (Phi) is 3.49. The van der Waals surface area contributed by atoms with Crippen molar-refractivity contribution in [1.82, 2.24) is 9.97 Å². The van der Waals surface area contributed by atoms with Crippen LogP contribution in [0, 0.1) is 0 Å². The van der Waals surface area contributed by atoms with Crippen molar-refractivity contribution in [3.63, 3.8) is 0 Å². The number of hydrogen-bond acceptors (Lipinski definition) is 3. The van der Waals surface area contributed by atoms with Gasteiger partial charge in [-0.2, -0.15) is 0 Å². The van der Waals surface area contributed by atoms with Gasteiger partial charge in [0.05, 0.1) is 0 Å². The first-order valence-corrected chi connectivity index (χ1v) is 5.82. The molecule has 1 heterocycles. The van der Waals surface area contributed by atoms with Crippen LogP contribution in [0.2, 0.25) is 0 Å². The van der Waals surface area contributed by atoms with Crippen molar-refractivity contribution in [3.05, 3.63) is 48.0 Å². The Morgan fingerprint density at radius 3 is 2.06 bits per heavy atom. The average Bonchev–Trinajstić information content (AvgIpc) is 2.39. The monoisotopic (exact) mass is 227 g/mol. The highest BCUT2D eigenvalue weighted by Gasteiger charge is 2.03. The first kappa shape index (κ1) is 11.7. The predicted molar refractivity (Wildman–Crippen MR) is 69.4 cm³/mol. The molecule has 0 saturated heterocycles. The zero-order chi connectivity index (χ0) is 12.3. The highest BCUT2D eigenvalue weighted by atomic mass is 14.9. The third kappa shape index (κ3) is 2.68. The van der Waals surface area contributed by atoms with Crippen molar-refractivity contribution in [2.45, 2.75) is 26.3 Å². The lowest BCUT2D eigenvalue weighted by Crippen LogP contribution is -1.97. The topological polar surface area (TPSA) is 51.8 Å². The van der Waals surface area contributed by atoms with Crippen molar-refractivity contribution >= 4 is 0 Å². The molecule has 0 unspecified atom stereocenters. The highest BCUT2D eigenvalue weighted by Crippen LogP contribution is 2.19. The molecule has 3 heteroatoms. The van der Waals surface area contributed by atoms with Gasteiger partial charge in [-0.3, -0.25) is 0 Å². The molecule has 1 aromatic heterocycles. The van der Waals surface area contributed by atoms with Crippen LogP contribution in [0.3, 0.4) is 0 Å². The minimum Gasteiger partial charge on any atom is -0.326 e. The van der Waals surface area contributed by atoms with E-state index in [1.807, 2.05) is 24.5 Å². The van der Waals surface area contributed by atoms with E-state index in [0.717, 1.165) is 22.5 Å². The van der Waals surface area contributed by atoms with Crippen molar-refractivity contribution in [2.75, 3.05) is 0 Å². The molecule has 17 heavy (non-hydrogen) atoms. The summed E-state index contributed by atoms with van der Waals surface area (Å²) in [6.07, 6.45) is 3.75. The molecule has 0 amide bonds. The highest BCUT2D eigenvalue weighted by molar-refractivity contribution is 5.61. The molecule has 0 radical (unpaired) electrons. The van der Waals surface area contributed by atoms with E-state index in [-0.39, 0.29) is 0 Å². The Balaban J connectivity index is 2.26. The molecule has 88 valence electrons. The van der Waals surface area contributed by atoms with Gasteiger partial charge in [-0.15, -0.1) is 0 Å². The van der Waals surface area contributed by atoms with Gasteiger partial charge in [0.1, 0.15) is 5.82 Å². The van der Waals surface area contributed by atoms with Crippen LogP contribution in [0.25, 0.3) is 11.1 Å². The van der Waals surface area contributed by atoms with E-state index in [1.54, 1.807) is 0 Å². The zero-order valence-corrected chi connectivity index (χ0v) is 10.2. The van der Waals surface area contributed by atoms with E-state index in [1.165, 1.54) is 0 Å². The number of aromatic nitrogens is 2. The van der Waals surface area contributed by atoms with Crippen LogP contribution in [0.4, 0.5) is 0 Å². The summed E-state index contributed by atoms with van der Waals surface area (Å²) in [7, 11) is 0. The van der Waals surface area contributed by atoms with E-state index in [9.17, 15) is 0 Å². The summed E-state index contributed by atoms with van der Waals surface area (Å²) in [5.74, 6) is 1.25. The van der Waals surface area contributed by atoms with Crippen molar-refractivity contribution in [1.29, 1.82) is 0 Å². The second-order valence-electron chi connectivity index (χ2n) is 4.39. The van der Waals surface area contributed by atoms with Gasteiger partial charge in [0, 0.05) is 30.4 Å². The average molecular weight is 227 g/mol. The van der Waals surface area contributed by atoms with Crippen LogP contribution < -0.4 is 5.73 Å². The molecule has 0 bridgehead atoms. The molecule has 0 aliphatic carbocycles. The smallest absolute Gasteiger partial charge is 0.130 e. The quantitative estimate of drug-likeness (QED) is 0.877. The molecule has 0 aliphatic heterocycles. The van der Waals surface area contributed by atoms with Crippen LogP contribution in [0.5, 0.6) is 0 Å². The van der Waals surface area contributed by atoms with Crippen LogP contribution in [-0.4, -0.2) is 9.97 Å². The van der Waals surface area contributed by atoms with Gasteiger partial charge in [-0.1, -0.05) is 38.1 Å². The lowest BCUT2D eigenvalue weighted by Gasteiger charge is -2.05. The Morgan fingerprint density at radius 1 is 1.00 bits per heavy atom. The maximum absolute atomic E-state index is 5.57. The molecule has 2 aromatic rings. The molecular formula is C14H17N3. The predicted octanol–water partition coefficient (Wildman–Crippen LogP) is 2.73. The number of rotatable bonds is 3. The standard InChI is InChI=1S/C14H17N3/c1-10(2)14-16-8-13(9-17-14)12-5-3-11(7-15)4-6-12/h3-6,8-10H,7,15H2,1-2H3. The summed E-state index contributed by atoms with van der Waals surface area (Å²) < 4.78 is 0. The van der Waals surface area contributed by atoms with Gasteiger partial charge in [-0.25, -0.2) is 9.97 Å². The molecule has 2 N–H and O–H groups in total. The van der Waals surface area contributed by atoms with Gasteiger partial charge in [0.2, 0.25) is 0 Å². The normalized spacial score (nSPS) is 10.8. The van der Waals surface area contributed by atoms with E-state index in [2.05, 4.69) is 35.9 Å². The van der Waals surface area contributed by atoms with Crippen molar-refractivity contribution in [3.8, 4) is 11.1 Å². The van der Waals surface area contributed by atoms with Crippen LogP contribution >= 0.6 is 0 Å². The summed E-state index contributed by atoms with van der Waals surface area (Å²) in [5, 5.41) is 0. The fourth-order valence-corrected chi connectivity index (χ4v) is 1.62. The summed E-state index contributed by atoms with van der Waals surface area (Å²) in [4.78, 5) is 8.72. The lowest BCUT2D eigenvalue weighted by atomic mass is 10.1. The molecule has 0 spiro atoms. The maximum Gasteiger partial charge on any atom is 0.130 e. The Hall–Kier alpha value is -1.74. The molecule has 3 nitrogen and oxygen atoms in total. The lowest BCUT2D eigenvalue weighted by molar-refractivity contribution is 0.775. The maximum atomic E-state index is 5.57. The van der Waals surface area contributed by atoms with Gasteiger partial charge in [0.15, 0.2) is 0 Å². The van der Waals surface area contributed by atoms with E-state index < -0.39 is 0 Å². The van der Waals surface area contributed by atoms with Gasteiger partial charge < -0.3 is 5.73 Å². The molecular weight excluding hydrogens is 210 g/mol. The summed E-state index contributed by atoms with van der Waals surface area (Å²) in [6, 6.07) is 8.17. The fourth-order valence-electron chi connectivity index (χ4n) is 1.62. The Bertz CT molecular complexity index is 472. The molecule has 0 aliphatic rings. The second kappa shape index (κ2) is 5.06. The Morgan fingerprint density at radius 2 is 1.59 bits per heavy atom. The number of nitrogens with two attached hydrogens (primary N) is 1. The molecule has 1 aromatic carbocycles. The van der Waals surface area contributed by atoms with Crippen LogP contribution in [0.1, 0.15) is 31.2 Å².